The van der Waals surface area contributed by atoms with E-state index in [-0.39, 0.29) is 12.1 Å². The molecule has 0 bridgehead atoms. The molecule has 1 amide bonds. The van der Waals surface area contributed by atoms with E-state index >= 15 is 0 Å². The quantitative estimate of drug-likeness (QED) is 0.724. The molecule has 0 saturated carbocycles. The minimum atomic E-state index is -0.235. The molecule has 1 aromatic carbocycles. The fourth-order valence-electron chi connectivity index (χ4n) is 1.91. The number of carbonyl (C=O) groups excluding carboxylic acids is 1. The topological polar surface area (TPSA) is 29.5 Å². The second kappa shape index (κ2) is 4.84. The zero-order valence-electron chi connectivity index (χ0n) is 9.13. The van der Waals surface area contributed by atoms with Crippen molar-refractivity contribution in [3.8, 4) is 0 Å². The predicted molar refractivity (Wildman–Crippen MR) is 62.2 cm³/mol. The van der Waals surface area contributed by atoms with Gasteiger partial charge in [0.2, 0.25) is 0 Å². The number of ether oxygens (including phenoxy) is 1. The van der Waals surface area contributed by atoms with Gasteiger partial charge in [-0.25, -0.2) is 4.79 Å². The Bertz CT molecular complexity index is 375. The smallest absolute Gasteiger partial charge is 0.410 e. The Morgan fingerprint density at radius 3 is 2.88 bits per heavy atom. The van der Waals surface area contributed by atoms with Gasteiger partial charge in [-0.1, -0.05) is 36.4 Å². The first-order chi connectivity index (χ1) is 7.81. The van der Waals surface area contributed by atoms with Crippen LogP contribution in [-0.4, -0.2) is 30.2 Å². The average molecular weight is 217 g/mol. The molecule has 1 aliphatic heterocycles. The summed E-state index contributed by atoms with van der Waals surface area (Å²) in [5.74, 6) is 0. The summed E-state index contributed by atoms with van der Waals surface area (Å²) >= 11 is 0. The highest BCUT2D eigenvalue weighted by atomic mass is 16.6. The van der Waals surface area contributed by atoms with Gasteiger partial charge >= 0.3 is 6.09 Å². The number of benzene rings is 1. The van der Waals surface area contributed by atoms with Crippen molar-refractivity contribution in [1.82, 2.24) is 4.90 Å². The fourth-order valence-corrected chi connectivity index (χ4v) is 1.91. The number of nitrogens with zero attached hydrogens (tertiary/aromatic N) is 1. The Morgan fingerprint density at radius 1 is 1.44 bits per heavy atom. The highest BCUT2D eigenvalue weighted by Gasteiger charge is 2.31. The standard InChI is InChI=1S/C13H15NO2/c1-2-8-14-12(10-16-13(14)15)9-11-6-4-3-5-7-11/h2-7,12H,1,8-10H2/t12-/m0/s1. The molecule has 1 aromatic rings. The molecule has 16 heavy (non-hydrogen) atoms. The highest BCUT2D eigenvalue weighted by molar-refractivity contribution is 5.70. The van der Waals surface area contributed by atoms with Gasteiger partial charge in [0.05, 0.1) is 6.04 Å². The summed E-state index contributed by atoms with van der Waals surface area (Å²) in [6, 6.07) is 10.3. The lowest BCUT2D eigenvalue weighted by Crippen LogP contribution is -2.35. The van der Waals surface area contributed by atoms with Gasteiger partial charge in [-0.2, -0.15) is 0 Å². The maximum absolute atomic E-state index is 11.4. The van der Waals surface area contributed by atoms with Crippen molar-refractivity contribution in [3.63, 3.8) is 0 Å². The lowest BCUT2D eigenvalue weighted by molar-refractivity contribution is 0.160. The zero-order valence-corrected chi connectivity index (χ0v) is 9.13. The van der Waals surface area contributed by atoms with Gasteiger partial charge in [-0.15, -0.1) is 6.58 Å². The Kier molecular flexibility index (Phi) is 3.25. The zero-order chi connectivity index (χ0) is 11.4. The van der Waals surface area contributed by atoms with E-state index in [0.29, 0.717) is 13.2 Å². The van der Waals surface area contributed by atoms with Crippen LogP contribution in [0, 0.1) is 0 Å². The molecule has 1 atom stereocenters. The number of amides is 1. The lowest BCUT2D eigenvalue weighted by atomic mass is 10.1. The van der Waals surface area contributed by atoms with Crippen LogP contribution in [0.25, 0.3) is 0 Å². The van der Waals surface area contributed by atoms with Crippen molar-refractivity contribution >= 4 is 6.09 Å². The Labute approximate surface area is 95.3 Å². The maximum atomic E-state index is 11.4. The van der Waals surface area contributed by atoms with E-state index in [1.165, 1.54) is 5.56 Å². The van der Waals surface area contributed by atoms with Crippen LogP contribution in [0.4, 0.5) is 4.79 Å². The Morgan fingerprint density at radius 2 is 2.19 bits per heavy atom. The number of carbonyl (C=O) groups is 1. The summed E-state index contributed by atoms with van der Waals surface area (Å²) in [7, 11) is 0. The number of hydrogen-bond donors (Lipinski definition) is 0. The van der Waals surface area contributed by atoms with Crippen LogP contribution in [0.3, 0.4) is 0 Å². The molecule has 2 rings (SSSR count). The highest BCUT2D eigenvalue weighted by Crippen LogP contribution is 2.16. The van der Waals surface area contributed by atoms with E-state index in [1.807, 2.05) is 18.2 Å². The normalized spacial score (nSPS) is 19.6. The molecule has 0 aliphatic carbocycles. The number of rotatable bonds is 4. The maximum Gasteiger partial charge on any atom is 0.410 e. The van der Waals surface area contributed by atoms with Crippen LogP contribution in [0.2, 0.25) is 0 Å². The van der Waals surface area contributed by atoms with E-state index in [1.54, 1.807) is 11.0 Å². The monoisotopic (exact) mass is 217 g/mol. The Hall–Kier alpha value is -1.77. The fraction of sp³-hybridized carbons (Fsp3) is 0.308. The third-order valence-electron chi connectivity index (χ3n) is 2.71. The molecule has 1 saturated heterocycles. The van der Waals surface area contributed by atoms with Crippen molar-refractivity contribution < 1.29 is 9.53 Å². The molecular formula is C13H15NO2. The second-order valence-electron chi connectivity index (χ2n) is 3.86. The molecule has 0 aromatic heterocycles. The molecule has 1 aliphatic rings. The van der Waals surface area contributed by atoms with Crippen LogP contribution in [0.5, 0.6) is 0 Å². The minimum absolute atomic E-state index is 0.132. The third-order valence-corrected chi connectivity index (χ3v) is 2.71. The van der Waals surface area contributed by atoms with Crippen LogP contribution in [0.15, 0.2) is 43.0 Å². The predicted octanol–water partition coefficient (Wildman–Crippen LogP) is 2.24. The average Bonchev–Trinajstić information content (AvgIpc) is 2.64. The molecule has 3 heteroatoms. The van der Waals surface area contributed by atoms with Crippen LogP contribution >= 0.6 is 0 Å². The second-order valence-corrected chi connectivity index (χ2v) is 3.86. The van der Waals surface area contributed by atoms with Gasteiger partial charge in [0.15, 0.2) is 0 Å². The van der Waals surface area contributed by atoms with Gasteiger partial charge < -0.3 is 4.74 Å². The summed E-state index contributed by atoms with van der Waals surface area (Å²) < 4.78 is 5.04. The van der Waals surface area contributed by atoms with Gasteiger partial charge in [0.25, 0.3) is 0 Å². The van der Waals surface area contributed by atoms with E-state index < -0.39 is 0 Å². The molecular weight excluding hydrogens is 202 g/mol. The van der Waals surface area contributed by atoms with E-state index in [4.69, 9.17) is 4.74 Å². The molecule has 84 valence electrons. The van der Waals surface area contributed by atoms with Crippen LogP contribution in [0.1, 0.15) is 5.56 Å². The SMILES string of the molecule is C=CCN1C(=O)OC[C@@H]1Cc1ccccc1. The summed E-state index contributed by atoms with van der Waals surface area (Å²) in [6.45, 7) is 4.68. The molecule has 0 N–H and O–H groups in total. The van der Waals surface area contributed by atoms with E-state index in [2.05, 4.69) is 18.7 Å². The van der Waals surface area contributed by atoms with Crippen molar-refractivity contribution in [2.45, 2.75) is 12.5 Å². The first kappa shape index (κ1) is 10.7. The summed E-state index contributed by atoms with van der Waals surface area (Å²) in [5.41, 5.74) is 1.22. The van der Waals surface area contributed by atoms with E-state index in [0.717, 1.165) is 6.42 Å². The van der Waals surface area contributed by atoms with Crippen molar-refractivity contribution in [2.75, 3.05) is 13.2 Å². The minimum Gasteiger partial charge on any atom is -0.447 e. The summed E-state index contributed by atoms with van der Waals surface area (Å²) in [6.07, 6.45) is 2.33. The van der Waals surface area contributed by atoms with Gasteiger partial charge in [-0.05, 0) is 12.0 Å². The van der Waals surface area contributed by atoms with Crippen molar-refractivity contribution in [3.05, 3.63) is 48.6 Å². The third kappa shape index (κ3) is 2.24. The number of cyclic esters (lactones) is 1. The molecule has 0 unspecified atom stereocenters. The lowest BCUT2D eigenvalue weighted by Gasteiger charge is -2.19. The largest absolute Gasteiger partial charge is 0.447 e. The first-order valence-corrected chi connectivity index (χ1v) is 5.39. The van der Waals surface area contributed by atoms with Gasteiger partial charge in [0.1, 0.15) is 6.61 Å². The van der Waals surface area contributed by atoms with Crippen LogP contribution < -0.4 is 0 Å². The van der Waals surface area contributed by atoms with Gasteiger partial charge in [0, 0.05) is 6.54 Å². The molecule has 0 radical (unpaired) electrons. The van der Waals surface area contributed by atoms with Crippen LogP contribution in [-0.2, 0) is 11.2 Å². The van der Waals surface area contributed by atoms with E-state index in [9.17, 15) is 4.79 Å². The summed E-state index contributed by atoms with van der Waals surface area (Å²) in [4.78, 5) is 13.1. The molecule has 1 heterocycles. The Balaban J connectivity index is 2.04. The van der Waals surface area contributed by atoms with Crippen molar-refractivity contribution in [2.24, 2.45) is 0 Å². The first-order valence-electron chi connectivity index (χ1n) is 5.39. The van der Waals surface area contributed by atoms with Gasteiger partial charge in [-0.3, -0.25) is 4.90 Å². The molecule has 0 spiro atoms. The number of hydrogen-bond acceptors (Lipinski definition) is 2. The molecule has 1 fully saturated rings. The van der Waals surface area contributed by atoms with Crippen molar-refractivity contribution in [1.29, 1.82) is 0 Å². The summed E-state index contributed by atoms with van der Waals surface area (Å²) in [5, 5.41) is 0. The molecule has 3 nitrogen and oxygen atoms in total.